The SMILES string of the molecule is CC(=O)c1cc(-c2cnc(C)s2)c2c(n1)O[C@@H](COC(F)F)CC2. The van der Waals surface area contributed by atoms with Crippen molar-refractivity contribution in [2.45, 2.75) is 39.4 Å². The van der Waals surface area contributed by atoms with Crippen LogP contribution in [-0.4, -0.2) is 35.1 Å². The Kier molecular flexibility index (Phi) is 4.86. The van der Waals surface area contributed by atoms with Crippen molar-refractivity contribution < 1.29 is 23.0 Å². The predicted octanol–water partition coefficient (Wildman–Crippen LogP) is 3.65. The summed E-state index contributed by atoms with van der Waals surface area (Å²) in [5.74, 6) is 0.132. The minimum Gasteiger partial charge on any atom is -0.472 e. The van der Waals surface area contributed by atoms with Crippen molar-refractivity contribution in [3.8, 4) is 16.3 Å². The average Bonchev–Trinajstić information content (AvgIpc) is 2.97. The molecule has 0 radical (unpaired) electrons. The fourth-order valence-corrected chi connectivity index (χ4v) is 3.41. The van der Waals surface area contributed by atoms with Gasteiger partial charge in [0, 0.05) is 24.2 Å². The Bertz CT molecular complexity index is 764. The number of hydrogen-bond donors (Lipinski definition) is 0. The highest BCUT2D eigenvalue weighted by Crippen LogP contribution is 2.37. The molecule has 0 aliphatic carbocycles. The molecule has 128 valence electrons. The van der Waals surface area contributed by atoms with E-state index in [1.54, 1.807) is 12.3 Å². The molecule has 0 bridgehead atoms. The number of Topliss-reactive ketones (excluding diaryl/α,β-unsaturated/α-hetero) is 1. The Labute approximate surface area is 141 Å². The minimum absolute atomic E-state index is 0.185. The van der Waals surface area contributed by atoms with Gasteiger partial charge in [0.1, 0.15) is 11.8 Å². The molecule has 0 N–H and O–H groups in total. The monoisotopic (exact) mass is 354 g/mol. The maximum Gasteiger partial charge on any atom is 0.345 e. The molecule has 2 aromatic heterocycles. The van der Waals surface area contributed by atoms with Gasteiger partial charge in [0.25, 0.3) is 0 Å². The molecule has 2 aromatic rings. The molecule has 1 aliphatic rings. The van der Waals surface area contributed by atoms with Crippen molar-refractivity contribution in [2.24, 2.45) is 0 Å². The Morgan fingerprint density at radius 1 is 1.54 bits per heavy atom. The average molecular weight is 354 g/mol. The molecule has 0 unspecified atom stereocenters. The predicted molar refractivity (Wildman–Crippen MR) is 84.8 cm³/mol. The number of thiazole rings is 1. The molecule has 3 heterocycles. The third-order valence-electron chi connectivity index (χ3n) is 3.74. The van der Waals surface area contributed by atoms with Crippen LogP contribution in [-0.2, 0) is 11.2 Å². The summed E-state index contributed by atoms with van der Waals surface area (Å²) in [5.41, 5.74) is 2.02. The van der Waals surface area contributed by atoms with Gasteiger partial charge in [0.15, 0.2) is 5.78 Å². The van der Waals surface area contributed by atoms with Gasteiger partial charge in [-0.3, -0.25) is 4.79 Å². The summed E-state index contributed by atoms with van der Waals surface area (Å²) in [4.78, 5) is 21.2. The van der Waals surface area contributed by atoms with Gasteiger partial charge in [-0.25, -0.2) is 9.97 Å². The largest absolute Gasteiger partial charge is 0.472 e. The van der Waals surface area contributed by atoms with Gasteiger partial charge in [-0.05, 0) is 25.8 Å². The highest BCUT2D eigenvalue weighted by Gasteiger charge is 2.27. The number of fused-ring (bicyclic) bond motifs is 1. The van der Waals surface area contributed by atoms with Crippen LogP contribution in [0.4, 0.5) is 8.78 Å². The quantitative estimate of drug-likeness (QED) is 0.767. The van der Waals surface area contributed by atoms with E-state index >= 15 is 0 Å². The van der Waals surface area contributed by atoms with Crippen molar-refractivity contribution in [2.75, 3.05) is 6.61 Å². The standard InChI is InChI=1S/C16H16F2N2O3S/c1-8(21)13-5-12(14-6-19-9(2)24-14)11-4-3-10(7-22-16(17)18)23-15(11)20-13/h5-6,10,16H,3-4,7H2,1-2H3/t10-/m1/s1. The van der Waals surface area contributed by atoms with Crippen LogP contribution in [0.15, 0.2) is 12.3 Å². The molecule has 0 spiro atoms. The summed E-state index contributed by atoms with van der Waals surface area (Å²) in [7, 11) is 0. The van der Waals surface area contributed by atoms with Gasteiger partial charge >= 0.3 is 6.61 Å². The number of nitrogens with zero attached hydrogens (tertiary/aromatic N) is 2. The smallest absolute Gasteiger partial charge is 0.345 e. The lowest BCUT2D eigenvalue weighted by atomic mass is 9.98. The van der Waals surface area contributed by atoms with E-state index < -0.39 is 12.7 Å². The summed E-state index contributed by atoms with van der Waals surface area (Å²) >= 11 is 1.52. The first-order chi connectivity index (χ1) is 11.4. The Balaban J connectivity index is 1.96. The molecule has 0 amide bonds. The molecular weight excluding hydrogens is 338 g/mol. The maximum atomic E-state index is 12.2. The lowest BCUT2D eigenvalue weighted by molar-refractivity contribution is -0.146. The second-order valence-corrected chi connectivity index (χ2v) is 6.75. The van der Waals surface area contributed by atoms with E-state index in [9.17, 15) is 13.6 Å². The number of aromatic nitrogens is 2. The van der Waals surface area contributed by atoms with Crippen LogP contribution in [0, 0.1) is 6.92 Å². The highest BCUT2D eigenvalue weighted by molar-refractivity contribution is 7.15. The van der Waals surface area contributed by atoms with Gasteiger partial charge in [0.05, 0.1) is 16.5 Å². The zero-order valence-corrected chi connectivity index (χ0v) is 14.0. The van der Waals surface area contributed by atoms with Crippen LogP contribution in [0.1, 0.15) is 34.4 Å². The van der Waals surface area contributed by atoms with Gasteiger partial charge in [-0.15, -0.1) is 11.3 Å². The number of pyridine rings is 1. The van der Waals surface area contributed by atoms with Crippen molar-refractivity contribution >= 4 is 17.1 Å². The molecule has 0 aromatic carbocycles. The molecular formula is C16H16F2N2O3S. The summed E-state index contributed by atoms with van der Waals surface area (Å²) in [6, 6.07) is 1.74. The molecule has 8 heteroatoms. The second-order valence-electron chi connectivity index (χ2n) is 5.51. The molecule has 24 heavy (non-hydrogen) atoms. The van der Waals surface area contributed by atoms with Crippen molar-refractivity contribution in [1.29, 1.82) is 0 Å². The van der Waals surface area contributed by atoms with E-state index in [1.807, 2.05) is 6.92 Å². The first-order valence-corrected chi connectivity index (χ1v) is 8.29. The number of ketones is 1. The Hall–Kier alpha value is -1.93. The van der Waals surface area contributed by atoms with Crippen LogP contribution in [0.25, 0.3) is 10.4 Å². The lowest BCUT2D eigenvalue weighted by Gasteiger charge is -2.26. The molecule has 5 nitrogen and oxygen atoms in total. The van der Waals surface area contributed by atoms with Gasteiger partial charge in [-0.1, -0.05) is 0 Å². The molecule has 0 saturated carbocycles. The summed E-state index contributed by atoms with van der Waals surface area (Å²) in [6.07, 6.45) is 2.42. The van der Waals surface area contributed by atoms with Crippen LogP contribution in [0.5, 0.6) is 5.88 Å². The normalized spacial score (nSPS) is 16.8. The van der Waals surface area contributed by atoms with Crippen molar-refractivity contribution in [3.63, 3.8) is 0 Å². The Morgan fingerprint density at radius 3 is 2.96 bits per heavy atom. The lowest BCUT2D eigenvalue weighted by Crippen LogP contribution is -2.29. The third-order valence-corrected chi connectivity index (χ3v) is 4.68. The zero-order valence-electron chi connectivity index (χ0n) is 13.2. The topological polar surface area (TPSA) is 61.3 Å². The number of rotatable bonds is 5. The first-order valence-electron chi connectivity index (χ1n) is 7.48. The first kappa shape index (κ1) is 16.9. The van der Waals surface area contributed by atoms with E-state index in [-0.39, 0.29) is 18.1 Å². The second kappa shape index (κ2) is 6.90. The summed E-state index contributed by atoms with van der Waals surface area (Å²) in [5, 5.41) is 0.917. The Morgan fingerprint density at radius 2 is 2.33 bits per heavy atom. The summed E-state index contributed by atoms with van der Waals surface area (Å²) < 4.78 is 34.4. The minimum atomic E-state index is -2.83. The molecule has 1 atom stereocenters. The number of ether oxygens (including phenoxy) is 2. The highest BCUT2D eigenvalue weighted by atomic mass is 32.1. The maximum absolute atomic E-state index is 12.2. The van der Waals surface area contributed by atoms with Gasteiger partial charge < -0.3 is 9.47 Å². The van der Waals surface area contributed by atoms with E-state index in [1.165, 1.54) is 18.3 Å². The number of carbonyl (C=O) groups is 1. The molecule has 3 rings (SSSR count). The van der Waals surface area contributed by atoms with E-state index in [4.69, 9.17) is 4.74 Å². The van der Waals surface area contributed by atoms with Crippen LogP contribution in [0.2, 0.25) is 0 Å². The summed E-state index contributed by atoms with van der Waals surface area (Å²) in [6.45, 7) is 0.290. The fourth-order valence-electron chi connectivity index (χ4n) is 2.59. The van der Waals surface area contributed by atoms with Gasteiger partial charge in [0.2, 0.25) is 5.88 Å². The van der Waals surface area contributed by atoms with Crippen molar-refractivity contribution in [1.82, 2.24) is 9.97 Å². The van der Waals surface area contributed by atoms with Crippen LogP contribution < -0.4 is 4.74 Å². The number of aryl methyl sites for hydroxylation is 1. The van der Waals surface area contributed by atoms with E-state index in [0.29, 0.717) is 18.7 Å². The van der Waals surface area contributed by atoms with E-state index in [2.05, 4.69) is 14.7 Å². The van der Waals surface area contributed by atoms with Gasteiger partial charge in [-0.2, -0.15) is 8.78 Å². The number of alkyl halides is 2. The molecule has 0 saturated heterocycles. The zero-order chi connectivity index (χ0) is 17.3. The third kappa shape index (κ3) is 3.59. The van der Waals surface area contributed by atoms with Crippen LogP contribution in [0.3, 0.4) is 0 Å². The number of carbonyl (C=O) groups excluding carboxylic acids is 1. The molecule has 1 aliphatic heterocycles. The number of hydrogen-bond acceptors (Lipinski definition) is 6. The van der Waals surface area contributed by atoms with Crippen molar-refractivity contribution in [3.05, 3.63) is 28.5 Å². The van der Waals surface area contributed by atoms with Crippen LogP contribution >= 0.6 is 11.3 Å². The molecule has 0 fully saturated rings. The van der Waals surface area contributed by atoms with E-state index in [0.717, 1.165) is 21.0 Å². The fraction of sp³-hybridized carbons (Fsp3) is 0.438. The number of halogens is 2.